The molecule has 2 aromatic heterocycles. The van der Waals surface area contributed by atoms with Crippen molar-refractivity contribution in [2.24, 2.45) is 0 Å². The van der Waals surface area contributed by atoms with Gasteiger partial charge in [0.05, 0.1) is 4.92 Å². The fourth-order valence-electron chi connectivity index (χ4n) is 1.91. The molecule has 0 aliphatic heterocycles. The molecule has 0 aliphatic rings. The number of thiophene rings is 1. The summed E-state index contributed by atoms with van der Waals surface area (Å²) in [5, 5.41) is 15.2. The first-order chi connectivity index (χ1) is 9.22. The topological polar surface area (TPSA) is 71.0 Å². The van der Waals surface area contributed by atoms with Crippen LogP contribution in [0.25, 0.3) is 10.9 Å². The number of nitrogens with one attached hydrogen (secondary N) is 2. The first-order valence-electron chi connectivity index (χ1n) is 5.76. The van der Waals surface area contributed by atoms with Crippen LogP contribution in [0.1, 0.15) is 4.88 Å². The summed E-state index contributed by atoms with van der Waals surface area (Å²) < 4.78 is 0. The first kappa shape index (κ1) is 11.7. The highest BCUT2D eigenvalue weighted by molar-refractivity contribution is 7.15. The van der Waals surface area contributed by atoms with Crippen LogP contribution in [0.2, 0.25) is 0 Å². The molecule has 0 radical (unpaired) electrons. The van der Waals surface area contributed by atoms with Gasteiger partial charge >= 0.3 is 5.00 Å². The van der Waals surface area contributed by atoms with Gasteiger partial charge in [0.2, 0.25) is 0 Å². The number of rotatable bonds is 4. The zero-order valence-electron chi connectivity index (χ0n) is 9.92. The number of nitrogens with zero attached hydrogens (tertiary/aromatic N) is 1. The molecule has 0 saturated heterocycles. The Balaban J connectivity index is 1.72. The highest BCUT2D eigenvalue weighted by atomic mass is 32.1. The largest absolute Gasteiger partial charge is 0.380 e. The normalized spacial score (nSPS) is 10.7. The maximum absolute atomic E-state index is 10.6. The van der Waals surface area contributed by atoms with E-state index < -0.39 is 0 Å². The van der Waals surface area contributed by atoms with Crippen LogP contribution >= 0.6 is 11.3 Å². The fraction of sp³-hybridized carbons (Fsp3) is 0.0769. The van der Waals surface area contributed by atoms with Crippen molar-refractivity contribution in [3.63, 3.8) is 0 Å². The van der Waals surface area contributed by atoms with E-state index in [-0.39, 0.29) is 9.92 Å². The molecular weight excluding hydrogens is 262 g/mol. The van der Waals surface area contributed by atoms with Gasteiger partial charge in [-0.3, -0.25) is 10.1 Å². The number of anilines is 1. The highest BCUT2D eigenvalue weighted by Gasteiger charge is 2.09. The summed E-state index contributed by atoms with van der Waals surface area (Å²) in [6.07, 6.45) is 1.90. The van der Waals surface area contributed by atoms with E-state index in [2.05, 4.69) is 10.3 Å². The van der Waals surface area contributed by atoms with Crippen LogP contribution in [0.5, 0.6) is 0 Å². The molecule has 0 fully saturated rings. The van der Waals surface area contributed by atoms with Gasteiger partial charge in [-0.2, -0.15) is 0 Å². The van der Waals surface area contributed by atoms with E-state index in [1.807, 2.05) is 30.5 Å². The SMILES string of the molecule is O=[N+]([O-])c1ccc(CNc2ccc3[nH]ccc3c2)s1. The average Bonchev–Trinajstić information content (AvgIpc) is 3.04. The maximum Gasteiger partial charge on any atom is 0.324 e. The van der Waals surface area contributed by atoms with Gasteiger partial charge in [0.1, 0.15) is 0 Å². The Kier molecular flexibility index (Phi) is 2.92. The second kappa shape index (κ2) is 4.74. The second-order valence-electron chi connectivity index (χ2n) is 4.13. The molecule has 2 N–H and O–H groups in total. The lowest BCUT2D eigenvalue weighted by Crippen LogP contribution is -1.96. The molecule has 3 aromatic rings. The maximum atomic E-state index is 10.6. The molecule has 0 atom stereocenters. The van der Waals surface area contributed by atoms with Crippen molar-refractivity contribution in [1.29, 1.82) is 0 Å². The molecule has 96 valence electrons. The Morgan fingerprint density at radius 1 is 1.26 bits per heavy atom. The van der Waals surface area contributed by atoms with Crippen molar-refractivity contribution >= 4 is 32.9 Å². The monoisotopic (exact) mass is 273 g/mol. The third kappa shape index (κ3) is 2.43. The minimum absolute atomic E-state index is 0.179. The lowest BCUT2D eigenvalue weighted by Gasteiger charge is -2.04. The van der Waals surface area contributed by atoms with E-state index in [9.17, 15) is 10.1 Å². The summed E-state index contributed by atoms with van der Waals surface area (Å²) in [5.41, 5.74) is 2.10. The zero-order valence-corrected chi connectivity index (χ0v) is 10.7. The van der Waals surface area contributed by atoms with Crippen molar-refractivity contribution in [3.05, 3.63) is 57.6 Å². The van der Waals surface area contributed by atoms with Crippen LogP contribution < -0.4 is 5.32 Å². The van der Waals surface area contributed by atoms with Gasteiger partial charge in [-0.25, -0.2) is 0 Å². The number of aromatic amines is 1. The number of fused-ring (bicyclic) bond motifs is 1. The van der Waals surface area contributed by atoms with Gasteiger partial charge in [0.25, 0.3) is 0 Å². The third-order valence-electron chi connectivity index (χ3n) is 2.85. The minimum atomic E-state index is -0.361. The van der Waals surface area contributed by atoms with Crippen LogP contribution in [-0.2, 0) is 6.54 Å². The summed E-state index contributed by atoms with van der Waals surface area (Å²) in [4.78, 5) is 14.3. The van der Waals surface area contributed by atoms with Gasteiger partial charge in [-0.1, -0.05) is 11.3 Å². The second-order valence-corrected chi connectivity index (χ2v) is 5.28. The Morgan fingerprint density at radius 3 is 2.95 bits per heavy atom. The van der Waals surface area contributed by atoms with Gasteiger partial charge in [0, 0.05) is 40.3 Å². The quantitative estimate of drug-likeness (QED) is 0.561. The van der Waals surface area contributed by atoms with E-state index in [0.717, 1.165) is 21.5 Å². The van der Waals surface area contributed by atoms with Gasteiger partial charge in [-0.05, 0) is 30.3 Å². The van der Waals surface area contributed by atoms with Crippen LogP contribution in [0.15, 0.2) is 42.6 Å². The molecular formula is C13H11N3O2S. The van der Waals surface area contributed by atoms with Gasteiger partial charge in [0.15, 0.2) is 0 Å². The number of nitro groups is 1. The Morgan fingerprint density at radius 2 is 2.16 bits per heavy atom. The third-order valence-corrected chi connectivity index (χ3v) is 3.88. The molecule has 5 nitrogen and oxygen atoms in total. The summed E-state index contributed by atoms with van der Waals surface area (Å²) in [6.45, 7) is 0.592. The first-order valence-corrected chi connectivity index (χ1v) is 6.58. The smallest absolute Gasteiger partial charge is 0.324 e. The summed E-state index contributed by atoms with van der Waals surface area (Å²) in [7, 11) is 0. The highest BCUT2D eigenvalue weighted by Crippen LogP contribution is 2.25. The van der Waals surface area contributed by atoms with Crippen molar-refractivity contribution in [3.8, 4) is 0 Å². The zero-order chi connectivity index (χ0) is 13.2. The molecule has 3 rings (SSSR count). The lowest BCUT2D eigenvalue weighted by molar-refractivity contribution is -0.380. The van der Waals surface area contributed by atoms with Crippen molar-refractivity contribution in [2.75, 3.05) is 5.32 Å². The number of hydrogen-bond donors (Lipinski definition) is 2. The van der Waals surface area contributed by atoms with E-state index in [0.29, 0.717) is 6.54 Å². The number of H-pyrrole nitrogens is 1. The number of aromatic nitrogens is 1. The van der Waals surface area contributed by atoms with Crippen LogP contribution in [0.3, 0.4) is 0 Å². The molecule has 0 aliphatic carbocycles. The molecule has 0 spiro atoms. The Hall–Kier alpha value is -2.34. The average molecular weight is 273 g/mol. The molecule has 0 unspecified atom stereocenters. The summed E-state index contributed by atoms with van der Waals surface area (Å²) >= 11 is 1.20. The predicted octanol–water partition coefficient (Wildman–Crippen LogP) is 3.75. The Bertz CT molecular complexity index is 732. The van der Waals surface area contributed by atoms with Crippen LogP contribution in [0, 0.1) is 10.1 Å². The molecule has 0 bridgehead atoms. The van der Waals surface area contributed by atoms with E-state index in [1.54, 1.807) is 6.07 Å². The minimum Gasteiger partial charge on any atom is -0.380 e. The molecule has 2 heterocycles. The molecule has 19 heavy (non-hydrogen) atoms. The van der Waals surface area contributed by atoms with E-state index in [4.69, 9.17) is 0 Å². The fourth-order valence-corrected chi connectivity index (χ4v) is 2.67. The van der Waals surface area contributed by atoms with Crippen molar-refractivity contribution in [1.82, 2.24) is 4.98 Å². The van der Waals surface area contributed by atoms with Crippen LogP contribution in [-0.4, -0.2) is 9.91 Å². The van der Waals surface area contributed by atoms with Crippen LogP contribution in [0.4, 0.5) is 10.7 Å². The summed E-state index contributed by atoms with van der Waals surface area (Å²) in [5.74, 6) is 0. The standard InChI is InChI=1S/C13H11N3O2S/c17-16(18)13-4-2-11(19-13)8-15-10-1-3-12-9(7-10)5-6-14-12/h1-7,14-15H,8H2. The van der Waals surface area contributed by atoms with E-state index in [1.165, 1.54) is 17.4 Å². The van der Waals surface area contributed by atoms with E-state index >= 15 is 0 Å². The van der Waals surface area contributed by atoms with Crippen molar-refractivity contribution < 1.29 is 4.92 Å². The lowest BCUT2D eigenvalue weighted by atomic mass is 10.2. The van der Waals surface area contributed by atoms with Crippen molar-refractivity contribution in [2.45, 2.75) is 6.54 Å². The molecule has 0 saturated carbocycles. The molecule has 0 amide bonds. The number of benzene rings is 1. The predicted molar refractivity (Wildman–Crippen MR) is 76.6 cm³/mol. The van der Waals surface area contributed by atoms with Gasteiger partial charge < -0.3 is 10.3 Å². The molecule has 1 aromatic carbocycles. The molecule has 6 heteroatoms. The summed E-state index contributed by atoms with van der Waals surface area (Å²) in [6, 6.07) is 11.4. The van der Waals surface area contributed by atoms with Gasteiger partial charge in [-0.15, -0.1) is 0 Å². The Labute approximate surface area is 113 Å². The number of hydrogen-bond acceptors (Lipinski definition) is 4.